The first-order valence-corrected chi connectivity index (χ1v) is 5.34. The highest BCUT2D eigenvalue weighted by Gasteiger charge is 2.16. The van der Waals surface area contributed by atoms with E-state index in [-0.39, 0.29) is 6.42 Å². The minimum absolute atomic E-state index is 0.111. The van der Waals surface area contributed by atoms with Gasteiger partial charge >= 0.3 is 5.97 Å². The van der Waals surface area contributed by atoms with Gasteiger partial charge in [-0.1, -0.05) is 6.92 Å². The summed E-state index contributed by atoms with van der Waals surface area (Å²) < 4.78 is 0. The highest BCUT2D eigenvalue weighted by molar-refractivity contribution is 5.77. The van der Waals surface area contributed by atoms with Crippen molar-refractivity contribution in [3.8, 4) is 12.3 Å². The molecule has 0 aliphatic heterocycles. The van der Waals surface area contributed by atoms with Crippen LogP contribution in [0.1, 0.15) is 24.9 Å². The molecule has 2 N–H and O–H groups in total. The zero-order valence-electron chi connectivity index (χ0n) is 9.90. The predicted molar refractivity (Wildman–Crippen MR) is 64.6 cm³/mol. The fraction of sp³-hybridized carbons (Fsp3) is 0.417. The third kappa shape index (κ3) is 3.76. The van der Waals surface area contributed by atoms with Gasteiger partial charge < -0.3 is 10.4 Å². The Balaban J connectivity index is 2.89. The number of aromatic nitrogens is 2. The molecule has 0 aliphatic carbocycles. The number of hydrogen-bond acceptors (Lipinski definition) is 4. The number of rotatable bonds is 5. The number of carbonyl (C=O) groups is 1. The average molecular weight is 233 g/mol. The highest BCUT2D eigenvalue weighted by Crippen LogP contribution is 2.10. The summed E-state index contributed by atoms with van der Waals surface area (Å²) >= 11 is 0. The standard InChI is InChI=1S/C12H15N3O2/c1-4-6-10(12(16)17)15-11-7-9(5-2)13-8(3)14-11/h1,7,10H,5-6H2,2-3H3,(H,16,17)(H,13,14,15). The van der Waals surface area contributed by atoms with Crippen molar-refractivity contribution >= 4 is 11.8 Å². The third-order valence-corrected chi connectivity index (χ3v) is 2.20. The van der Waals surface area contributed by atoms with E-state index in [9.17, 15) is 4.79 Å². The maximum absolute atomic E-state index is 10.9. The smallest absolute Gasteiger partial charge is 0.327 e. The molecule has 0 bridgehead atoms. The first kappa shape index (κ1) is 13.0. The molecular formula is C12H15N3O2. The van der Waals surface area contributed by atoms with Gasteiger partial charge in [-0.05, 0) is 13.3 Å². The summed E-state index contributed by atoms with van der Waals surface area (Å²) in [6.07, 6.45) is 6.00. The van der Waals surface area contributed by atoms with Crippen LogP contribution in [-0.4, -0.2) is 27.1 Å². The van der Waals surface area contributed by atoms with Crippen LogP contribution in [0.5, 0.6) is 0 Å². The summed E-state index contributed by atoms with van der Waals surface area (Å²) in [5.74, 6) is 2.44. The second kappa shape index (κ2) is 5.85. The molecule has 1 rings (SSSR count). The molecule has 1 atom stereocenters. The maximum Gasteiger partial charge on any atom is 0.327 e. The molecule has 1 unspecified atom stereocenters. The zero-order valence-corrected chi connectivity index (χ0v) is 9.90. The summed E-state index contributed by atoms with van der Waals surface area (Å²) in [6.45, 7) is 3.74. The van der Waals surface area contributed by atoms with Gasteiger partial charge in [0.05, 0.1) is 0 Å². The molecule has 0 spiro atoms. The second-order valence-corrected chi connectivity index (χ2v) is 3.59. The van der Waals surface area contributed by atoms with Crippen molar-refractivity contribution in [2.75, 3.05) is 5.32 Å². The summed E-state index contributed by atoms with van der Waals surface area (Å²) in [5, 5.41) is 11.8. The van der Waals surface area contributed by atoms with Crippen LogP contribution < -0.4 is 5.32 Å². The number of aliphatic carboxylic acids is 1. The van der Waals surface area contributed by atoms with E-state index >= 15 is 0 Å². The van der Waals surface area contributed by atoms with Gasteiger partial charge in [-0.2, -0.15) is 0 Å². The van der Waals surface area contributed by atoms with Gasteiger partial charge in [-0.15, -0.1) is 12.3 Å². The largest absolute Gasteiger partial charge is 0.480 e. The van der Waals surface area contributed by atoms with E-state index in [1.54, 1.807) is 13.0 Å². The Labute approximate surface area is 100 Å². The molecule has 0 aromatic carbocycles. The van der Waals surface area contributed by atoms with E-state index in [0.717, 1.165) is 12.1 Å². The van der Waals surface area contributed by atoms with E-state index in [1.165, 1.54) is 0 Å². The van der Waals surface area contributed by atoms with E-state index in [0.29, 0.717) is 11.6 Å². The predicted octanol–water partition coefficient (Wildman–Crippen LogP) is 1.24. The normalized spacial score (nSPS) is 11.6. The molecule has 1 aromatic heterocycles. The van der Waals surface area contributed by atoms with Gasteiger partial charge in [0, 0.05) is 18.2 Å². The van der Waals surface area contributed by atoms with Gasteiger partial charge in [0.25, 0.3) is 0 Å². The monoisotopic (exact) mass is 233 g/mol. The Morgan fingerprint density at radius 1 is 1.65 bits per heavy atom. The first-order valence-electron chi connectivity index (χ1n) is 5.34. The van der Waals surface area contributed by atoms with Gasteiger partial charge in [-0.25, -0.2) is 14.8 Å². The summed E-state index contributed by atoms with van der Waals surface area (Å²) in [4.78, 5) is 19.3. The van der Waals surface area contributed by atoms with E-state index in [1.807, 2.05) is 6.92 Å². The summed E-state index contributed by atoms with van der Waals surface area (Å²) in [6, 6.07) is 0.915. The Morgan fingerprint density at radius 2 is 2.35 bits per heavy atom. The molecule has 0 saturated heterocycles. The molecule has 5 heteroatoms. The van der Waals surface area contributed by atoms with Crippen LogP contribution in [0.25, 0.3) is 0 Å². The Morgan fingerprint density at radius 3 is 2.88 bits per heavy atom. The fourth-order valence-electron chi connectivity index (χ4n) is 1.38. The van der Waals surface area contributed by atoms with Gasteiger partial charge in [0.2, 0.25) is 0 Å². The number of terminal acetylenes is 1. The molecule has 90 valence electrons. The summed E-state index contributed by atoms with van der Waals surface area (Å²) in [7, 11) is 0. The molecular weight excluding hydrogens is 218 g/mol. The number of aryl methyl sites for hydroxylation is 2. The van der Waals surface area contributed by atoms with Crippen molar-refractivity contribution in [2.45, 2.75) is 32.7 Å². The SMILES string of the molecule is C#CCC(Nc1cc(CC)nc(C)n1)C(=O)O. The van der Waals surface area contributed by atoms with Crippen LogP contribution in [0.2, 0.25) is 0 Å². The topological polar surface area (TPSA) is 75.1 Å². The van der Waals surface area contributed by atoms with Crippen LogP contribution >= 0.6 is 0 Å². The van der Waals surface area contributed by atoms with E-state index < -0.39 is 12.0 Å². The molecule has 5 nitrogen and oxygen atoms in total. The lowest BCUT2D eigenvalue weighted by atomic mass is 10.2. The molecule has 1 aromatic rings. The number of nitrogens with one attached hydrogen (secondary N) is 1. The number of carboxylic acids is 1. The van der Waals surface area contributed by atoms with Crippen molar-refractivity contribution in [3.05, 3.63) is 17.6 Å². The first-order chi connectivity index (χ1) is 8.06. The molecule has 0 radical (unpaired) electrons. The molecule has 1 heterocycles. The van der Waals surface area contributed by atoms with Crippen LogP contribution in [0.4, 0.5) is 5.82 Å². The fourth-order valence-corrected chi connectivity index (χ4v) is 1.38. The minimum Gasteiger partial charge on any atom is -0.480 e. The van der Waals surface area contributed by atoms with E-state index in [4.69, 9.17) is 11.5 Å². The molecule has 17 heavy (non-hydrogen) atoms. The number of nitrogens with zero attached hydrogens (tertiary/aromatic N) is 2. The Kier molecular flexibility index (Phi) is 4.46. The van der Waals surface area contributed by atoms with Gasteiger partial charge in [-0.3, -0.25) is 0 Å². The van der Waals surface area contributed by atoms with Crippen LogP contribution in [0, 0.1) is 19.3 Å². The van der Waals surface area contributed by atoms with Gasteiger partial charge in [0.1, 0.15) is 17.7 Å². The van der Waals surface area contributed by atoms with E-state index in [2.05, 4.69) is 21.2 Å². The van der Waals surface area contributed by atoms with Crippen molar-refractivity contribution in [1.29, 1.82) is 0 Å². The number of anilines is 1. The Hall–Kier alpha value is -2.09. The van der Waals surface area contributed by atoms with Crippen molar-refractivity contribution in [1.82, 2.24) is 9.97 Å². The summed E-state index contributed by atoms with van der Waals surface area (Å²) in [5.41, 5.74) is 0.866. The molecule has 0 saturated carbocycles. The van der Waals surface area contributed by atoms with Crippen LogP contribution in [0.3, 0.4) is 0 Å². The Bertz CT molecular complexity index is 452. The third-order valence-electron chi connectivity index (χ3n) is 2.20. The second-order valence-electron chi connectivity index (χ2n) is 3.59. The molecule has 0 aliphatic rings. The average Bonchev–Trinajstić information content (AvgIpc) is 2.27. The van der Waals surface area contributed by atoms with Crippen LogP contribution in [0.15, 0.2) is 6.07 Å². The van der Waals surface area contributed by atoms with Gasteiger partial charge in [0.15, 0.2) is 0 Å². The molecule has 0 amide bonds. The maximum atomic E-state index is 10.9. The number of carboxylic acid groups (broad SMARTS) is 1. The zero-order chi connectivity index (χ0) is 12.8. The highest BCUT2D eigenvalue weighted by atomic mass is 16.4. The van der Waals surface area contributed by atoms with Crippen molar-refractivity contribution < 1.29 is 9.90 Å². The lowest BCUT2D eigenvalue weighted by Gasteiger charge is -2.13. The number of hydrogen-bond donors (Lipinski definition) is 2. The van der Waals surface area contributed by atoms with Crippen LogP contribution in [-0.2, 0) is 11.2 Å². The quantitative estimate of drug-likeness (QED) is 0.748. The lowest BCUT2D eigenvalue weighted by Crippen LogP contribution is -2.29. The lowest BCUT2D eigenvalue weighted by molar-refractivity contribution is -0.137. The molecule has 0 fully saturated rings. The minimum atomic E-state index is -0.989. The van der Waals surface area contributed by atoms with Crippen molar-refractivity contribution in [2.24, 2.45) is 0 Å². The van der Waals surface area contributed by atoms with Crippen molar-refractivity contribution in [3.63, 3.8) is 0 Å².